The maximum atomic E-state index is 13.1. The Balaban J connectivity index is 1.26. The van der Waals surface area contributed by atoms with Crippen LogP contribution < -0.4 is 21.3 Å². The van der Waals surface area contributed by atoms with Crippen molar-refractivity contribution in [3.05, 3.63) is 164 Å². The van der Waals surface area contributed by atoms with E-state index in [-0.39, 0.29) is 37.7 Å². The number of hydrogen-bond acceptors (Lipinski definition) is 9. The lowest BCUT2D eigenvalue weighted by Crippen LogP contribution is -2.37. The van der Waals surface area contributed by atoms with Crippen molar-refractivity contribution in [2.75, 3.05) is 26.3 Å². The number of aromatic nitrogens is 2. The van der Waals surface area contributed by atoms with Crippen molar-refractivity contribution in [2.24, 2.45) is 10.2 Å². The number of rotatable bonds is 18. The lowest BCUT2D eigenvalue weighted by molar-refractivity contribution is -0.121. The zero-order valence-electron chi connectivity index (χ0n) is 29.1. The Bertz CT molecular complexity index is 2000. The molecule has 0 spiro atoms. The smallest absolute Gasteiger partial charge is 0.267 e. The number of azide groups is 2. The van der Waals surface area contributed by atoms with Crippen LogP contribution in [0.25, 0.3) is 45.2 Å². The van der Waals surface area contributed by atoms with E-state index in [1.165, 1.54) is 36.7 Å². The van der Waals surface area contributed by atoms with Crippen LogP contribution in [0.4, 0.5) is 11.4 Å². The highest BCUT2D eigenvalue weighted by Crippen LogP contribution is 2.15. The van der Waals surface area contributed by atoms with Crippen LogP contribution in [0.3, 0.4) is 0 Å². The number of ether oxygens (including phenoxy) is 1. The van der Waals surface area contributed by atoms with Gasteiger partial charge < -0.3 is 26.0 Å². The van der Waals surface area contributed by atoms with Crippen LogP contribution in [0, 0.1) is 0 Å². The van der Waals surface area contributed by atoms with Gasteiger partial charge in [0.1, 0.15) is 11.4 Å². The Morgan fingerprint density at radius 1 is 0.618 bits per heavy atom. The molecule has 55 heavy (non-hydrogen) atoms. The topological polar surface area (TPSA) is 249 Å². The Hall–Kier alpha value is -7.84. The summed E-state index contributed by atoms with van der Waals surface area (Å²) >= 11 is 0. The molecule has 0 bridgehead atoms. The lowest BCUT2D eigenvalue weighted by Gasteiger charge is -2.12. The third kappa shape index (κ3) is 14.7. The molecule has 4 amide bonds. The standard InChI is InChI=1S/C38H34N12O5/c39-49-47-31-11-5-27(6-12-31)9-15-35(51)45-33(23-29-3-1-17-41-25-29)37(53)43-19-21-55-22-20-44-38(54)34(24-30-4-2-18-42-26-30)46-36(52)16-10-28-7-13-32(14-8-28)48-50-40/h1-18,23-26H,19-22H2,(H,43,53)(H,44,54)(H,45,51)(H,46,52)/b15-9+,16-10+,33-23-,34-24-. The van der Waals surface area contributed by atoms with Gasteiger partial charge >= 0.3 is 0 Å². The summed E-state index contributed by atoms with van der Waals surface area (Å²) in [6, 6.07) is 19.9. The zero-order chi connectivity index (χ0) is 39.1. The maximum absolute atomic E-state index is 13.1. The fourth-order valence-electron chi connectivity index (χ4n) is 4.44. The molecule has 276 valence electrons. The first kappa shape index (κ1) is 39.9. The summed E-state index contributed by atoms with van der Waals surface area (Å²) in [6.45, 7) is 0.350. The molecule has 4 N–H and O–H groups in total. The van der Waals surface area contributed by atoms with Crippen molar-refractivity contribution in [1.82, 2.24) is 31.2 Å². The predicted octanol–water partition coefficient (Wildman–Crippen LogP) is 5.65. The number of nitrogens with zero attached hydrogens (tertiary/aromatic N) is 8. The van der Waals surface area contributed by atoms with Gasteiger partial charge in [-0.2, -0.15) is 0 Å². The number of amides is 4. The van der Waals surface area contributed by atoms with Gasteiger partial charge in [-0.3, -0.25) is 29.1 Å². The van der Waals surface area contributed by atoms with E-state index in [0.29, 0.717) is 33.6 Å². The van der Waals surface area contributed by atoms with E-state index < -0.39 is 23.6 Å². The number of carbonyl (C=O) groups is 4. The molecule has 0 fully saturated rings. The van der Waals surface area contributed by atoms with E-state index in [0.717, 1.165) is 0 Å². The highest BCUT2D eigenvalue weighted by atomic mass is 16.5. The highest BCUT2D eigenvalue weighted by Gasteiger charge is 2.14. The predicted molar refractivity (Wildman–Crippen MR) is 206 cm³/mol. The van der Waals surface area contributed by atoms with Gasteiger partial charge in [-0.1, -0.05) is 70.9 Å². The largest absolute Gasteiger partial charge is 0.378 e. The van der Waals surface area contributed by atoms with E-state index in [9.17, 15) is 19.2 Å². The fraction of sp³-hybridized carbons (Fsp3) is 0.105. The summed E-state index contributed by atoms with van der Waals surface area (Å²) in [5.74, 6) is -2.25. The van der Waals surface area contributed by atoms with Crippen LogP contribution in [0.5, 0.6) is 0 Å². The highest BCUT2D eigenvalue weighted by molar-refractivity contribution is 6.05. The summed E-state index contributed by atoms with van der Waals surface area (Å²) in [5.41, 5.74) is 20.4. The first-order valence-electron chi connectivity index (χ1n) is 16.5. The van der Waals surface area contributed by atoms with Gasteiger partial charge in [-0.05, 0) is 69.8 Å². The summed E-state index contributed by atoms with van der Waals surface area (Å²) in [4.78, 5) is 65.1. The number of hydrogen-bond donors (Lipinski definition) is 4. The molecule has 0 radical (unpaired) electrons. The minimum atomic E-state index is -0.568. The van der Waals surface area contributed by atoms with Crippen LogP contribution >= 0.6 is 0 Å². The van der Waals surface area contributed by atoms with Crippen LogP contribution in [0.2, 0.25) is 0 Å². The van der Waals surface area contributed by atoms with Crippen molar-refractivity contribution in [2.45, 2.75) is 0 Å². The molecule has 17 heteroatoms. The zero-order valence-corrected chi connectivity index (χ0v) is 29.1. The Kier molecular flexibility index (Phi) is 16.1. The van der Waals surface area contributed by atoms with E-state index in [2.05, 4.69) is 51.3 Å². The Labute approximate surface area is 314 Å². The maximum Gasteiger partial charge on any atom is 0.267 e. The number of nitrogens with one attached hydrogen (secondary N) is 4. The van der Waals surface area contributed by atoms with Gasteiger partial charge in [0.05, 0.1) is 13.2 Å². The molecule has 0 aliphatic heterocycles. The molecule has 0 aliphatic carbocycles. The molecular weight excluding hydrogens is 704 g/mol. The number of carbonyl (C=O) groups excluding carboxylic acids is 4. The summed E-state index contributed by atoms with van der Waals surface area (Å²) in [7, 11) is 0. The third-order valence-electron chi connectivity index (χ3n) is 7.02. The first-order chi connectivity index (χ1) is 26.8. The fourth-order valence-corrected chi connectivity index (χ4v) is 4.44. The normalized spacial score (nSPS) is 11.3. The lowest BCUT2D eigenvalue weighted by atomic mass is 10.2. The van der Waals surface area contributed by atoms with E-state index in [1.54, 1.807) is 97.3 Å². The molecule has 4 rings (SSSR count). The second-order valence-electron chi connectivity index (χ2n) is 11.0. The van der Waals surface area contributed by atoms with Gasteiger partial charge in [-0.15, -0.1) is 0 Å². The molecular formula is C38H34N12O5. The van der Waals surface area contributed by atoms with Gasteiger partial charge in [0, 0.05) is 71.2 Å². The van der Waals surface area contributed by atoms with Crippen molar-refractivity contribution >= 4 is 59.3 Å². The molecule has 2 aromatic carbocycles. The van der Waals surface area contributed by atoms with Gasteiger partial charge in [0.2, 0.25) is 11.8 Å². The minimum absolute atomic E-state index is 0.0262. The first-order valence-corrected chi connectivity index (χ1v) is 16.5. The summed E-state index contributed by atoms with van der Waals surface area (Å²) in [5, 5.41) is 17.6. The minimum Gasteiger partial charge on any atom is -0.378 e. The van der Waals surface area contributed by atoms with Gasteiger partial charge in [0.25, 0.3) is 11.8 Å². The summed E-state index contributed by atoms with van der Waals surface area (Å²) < 4.78 is 5.58. The average Bonchev–Trinajstić information content (AvgIpc) is 3.20. The SMILES string of the molecule is [N-]=[N+]=Nc1ccc(/C=C/C(=O)N/C(=C\c2cccnc2)C(=O)NCCOCCNC(=O)/C(=C/c2cccnc2)NC(=O)/C=C/c2ccc(N=[N+]=[N-])cc2)cc1. The van der Waals surface area contributed by atoms with Crippen molar-refractivity contribution < 1.29 is 23.9 Å². The molecule has 17 nitrogen and oxygen atoms in total. The monoisotopic (exact) mass is 738 g/mol. The average molecular weight is 739 g/mol. The van der Waals surface area contributed by atoms with Crippen LogP contribution in [-0.4, -0.2) is 59.9 Å². The van der Waals surface area contributed by atoms with E-state index >= 15 is 0 Å². The van der Waals surface area contributed by atoms with Gasteiger partial charge in [-0.25, -0.2) is 0 Å². The second-order valence-corrected chi connectivity index (χ2v) is 11.0. The molecule has 0 aliphatic rings. The van der Waals surface area contributed by atoms with E-state index in [4.69, 9.17) is 15.8 Å². The van der Waals surface area contributed by atoms with Crippen molar-refractivity contribution in [3.63, 3.8) is 0 Å². The Morgan fingerprint density at radius 2 is 1.04 bits per heavy atom. The van der Waals surface area contributed by atoms with Crippen molar-refractivity contribution in [3.8, 4) is 0 Å². The molecule has 0 atom stereocenters. The Morgan fingerprint density at radius 3 is 1.40 bits per heavy atom. The number of benzene rings is 2. The van der Waals surface area contributed by atoms with Crippen molar-refractivity contribution in [1.29, 1.82) is 0 Å². The van der Waals surface area contributed by atoms with Crippen LogP contribution in [0.15, 0.2) is 131 Å². The molecule has 2 aromatic heterocycles. The van der Waals surface area contributed by atoms with Gasteiger partial charge in [0.15, 0.2) is 0 Å². The van der Waals surface area contributed by atoms with E-state index in [1.807, 2.05) is 0 Å². The summed E-state index contributed by atoms with van der Waals surface area (Å²) in [6.07, 6.45) is 14.8. The molecule has 0 saturated heterocycles. The third-order valence-corrected chi connectivity index (χ3v) is 7.02. The quantitative estimate of drug-likeness (QED) is 0.0328. The molecule has 4 aromatic rings. The molecule has 2 heterocycles. The molecule has 0 unspecified atom stereocenters. The number of pyridine rings is 2. The van der Waals surface area contributed by atoms with Crippen LogP contribution in [-0.2, 0) is 23.9 Å². The second kappa shape index (κ2) is 22.2. The molecule has 0 saturated carbocycles. The van der Waals surface area contributed by atoms with Crippen LogP contribution in [0.1, 0.15) is 22.3 Å².